The molecule has 2 aliphatic rings. The summed E-state index contributed by atoms with van der Waals surface area (Å²) in [5, 5.41) is 0. The number of nitrogens with one attached hydrogen (secondary N) is 1. The lowest BCUT2D eigenvalue weighted by Gasteiger charge is -2.14. The fraction of sp³-hybridized carbons (Fsp3) is 0.611. The van der Waals surface area contributed by atoms with Crippen molar-refractivity contribution in [2.45, 2.75) is 58.5 Å². The van der Waals surface area contributed by atoms with Gasteiger partial charge in [-0.2, -0.15) is 0 Å². The molecular formula is C18H24N4O2. The monoisotopic (exact) mass is 328 g/mol. The molecule has 2 aromatic rings. The quantitative estimate of drug-likeness (QED) is 0.857. The zero-order valence-electron chi connectivity index (χ0n) is 14.3. The van der Waals surface area contributed by atoms with Gasteiger partial charge in [0, 0.05) is 19.0 Å². The number of hydrogen-bond acceptors (Lipinski definition) is 3. The first-order chi connectivity index (χ1) is 11.6. The Labute approximate surface area is 140 Å². The molecule has 2 aliphatic carbocycles. The van der Waals surface area contributed by atoms with Crippen LogP contribution < -0.4 is 11.2 Å². The number of allylic oxidation sites excluding steroid dienone is 2. The van der Waals surface area contributed by atoms with Gasteiger partial charge in [-0.3, -0.25) is 13.9 Å². The van der Waals surface area contributed by atoms with Crippen molar-refractivity contribution in [2.24, 2.45) is 11.8 Å². The van der Waals surface area contributed by atoms with Gasteiger partial charge in [-0.25, -0.2) is 9.78 Å². The van der Waals surface area contributed by atoms with Gasteiger partial charge in [0.15, 0.2) is 5.65 Å². The molecule has 1 saturated carbocycles. The van der Waals surface area contributed by atoms with Crippen molar-refractivity contribution in [2.75, 3.05) is 0 Å². The minimum Gasteiger partial charge on any atom is -0.336 e. The maximum Gasteiger partial charge on any atom is 0.332 e. The molecule has 6 heteroatoms. The van der Waals surface area contributed by atoms with Crippen LogP contribution in [0.4, 0.5) is 0 Å². The molecule has 128 valence electrons. The molecule has 1 fully saturated rings. The molecular weight excluding hydrogens is 304 g/mol. The van der Waals surface area contributed by atoms with Crippen LogP contribution in [0.15, 0.2) is 21.7 Å². The summed E-state index contributed by atoms with van der Waals surface area (Å²) in [7, 11) is 0. The van der Waals surface area contributed by atoms with Gasteiger partial charge >= 0.3 is 5.69 Å². The van der Waals surface area contributed by atoms with Crippen LogP contribution in [0.25, 0.3) is 11.2 Å². The lowest BCUT2D eigenvalue weighted by Crippen LogP contribution is -2.40. The molecule has 0 radical (unpaired) electrons. The average Bonchev–Trinajstić information content (AvgIpc) is 3.29. The standard InChI is InChI=1S/C18H24N4O2/c1-3-7-21-16-14(17(23)22(8-4-2)18(21)24)19-15(20-16)13-10-11-5-6-12(13)9-11/h5-6,11-13H,3-4,7-10H2,1-2H3,(H,19,20)/t11-,12+,13-/m1/s1. The van der Waals surface area contributed by atoms with Crippen molar-refractivity contribution in [3.8, 4) is 0 Å². The molecule has 0 aromatic carbocycles. The summed E-state index contributed by atoms with van der Waals surface area (Å²) >= 11 is 0. The highest BCUT2D eigenvalue weighted by Crippen LogP contribution is 2.48. The van der Waals surface area contributed by atoms with Gasteiger partial charge in [-0.15, -0.1) is 0 Å². The lowest BCUT2D eigenvalue weighted by atomic mass is 9.93. The molecule has 1 N–H and O–H groups in total. The third kappa shape index (κ3) is 2.19. The van der Waals surface area contributed by atoms with Gasteiger partial charge in [0.1, 0.15) is 11.3 Å². The number of fused-ring (bicyclic) bond motifs is 3. The van der Waals surface area contributed by atoms with Crippen molar-refractivity contribution >= 4 is 11.2 Å². The van der Waals surface area contributed by atoms with Crippen LogP contribution >= 0.6 is 0 Å². The second kappa shape index (κ2) is 5.76. The molecule has 0 amide bonds. The first-order valence-corrected chi connectivity index (χ1v) is 9.05. The van der Waals surface area contributed by atoms with E-state index in [1.54, 1.807) is 4.57 Å². The van der Waals surface area contributed by atoms with E-state index in [2.05, 4.69) is 17.1 Å². The number of rotatable bonds is 5. The molecule has 0 aliphatic heterocycles. The van der Waals surface area contributed by atoms with E-state index in [9.17, 15) is 9.59 Å². The van der Waals surface area contributed by atoms with Gasteiger partial charge in [0.05, 0.1) is 0 Å². The molecule has 2 aromatic heterocycles. The predicted molar refractivity (Wildman–Crippen MR) is 93.3 cm³/mol. The molecule has 0 saturated heterocycles. The van der Waals surface area contributed by atoms with Crippen molar-refractivity contribution in [3.05, 3.63) is 38.8 Å². The van der Waals surface area contributed by atoms with Crippen LogP contribution in [0.2, 0.25) is 0 Å². The minimum absolute atomic E-state index is 0.234. The van der Waals surface area contributed by atoms with E-state index >= 15 is 0 Å². The molecule has 2 heterocycles. The Bertz CT molecular complexity index is 917. The molecule has 4 rings (SSSR count). The Morgan fingerprint density at radius 1 is 1.12 bits per heavy atom. The number of H-pyrrole nitrogens is 1. The number of imidazole rings is 1. The Morgan fingerprint density at radius 3 is 2.50 bits per heavy atom. The third-order valence-corrected chi connectivity index (χ3v) is 5.40. The van der Waals surface area contributed by atoms with Crippen LogP contribution in [0.3, 0.4) is 0 Å². The Kier molecular flexibility index (Phi) is 3.70. The normalized spacial score (nSPS) is 25.2. The highest BCUT2D eigenvalue weighted by atomic mass is 16.2. The van der Waals surface area contributed by atoms with Gasteiger partial charge in [0.2, 0.25) is 0 Å². The summed E-state index contributed by atoms with van der Waals surface area (Å²) in [5.41, 5.74) is 0.544. The molecule has 0 spiro atoms. The van der Waals surface area contributed by atoms with E-state index in [0.29, 0.717) is 42.0 Å². The van der Waals surface area contributed by atoms with Gasteiger partial charge in [-0.1, -0.05) is 26.0 Å². The Hall–Kier alpha value is -2.11. The number of hydrogen-bond donors (Lipinski definition) is 1. The molecule has 3 atom stereocenters. The summed E-state index contributed by atoms with van der Waals surface area (Å²) in [4.78, 5) is 33.4. The van der Waals surface area contributed by atoms with Crippen LogP contribution in [0.5, 0.6) is 0 Å². The second-order valence-electron chi connectivity index (χ2n) is 7.10. The van der Waals surface area contributed by atoms with E-state index in [1.165, 1.54) is 11.0 Å². The van der Waals surface area contributed by atoms with E-state index in [-0.39, 0.29) is 11.2 Å². The van der Waals surface area contributed by atoms with Crippen LogP contribution in [-0.4, -0.2) is 19.1 Å². The summed E-state index contributed by atoms with van der Waals surface area (Å²) in [6, 6.07) is 0. The first kappa shape index (κ1) is 15.4. The zero-order valence-corrected chi connectivity index (χ0v) is 14.3. The first-order valence-electron chi connectivity index (χ1n) is 9.05. The lowest BCUT2D eigenvalue weighted by molar-refractivity contribution is 0.552. The number of aromatic amines is 1. The summed E-state index contributed by atoms with van der Waals surface area (Å²) in [6.45, 7) is 5.03. The summed E-state index contributed by atoms with van der Waals surface area (Å²) in [5.74, 6) is 2.37. The van der Waals surface area contributed by atoms with Crippen LogP contribution in [0, 0.1) is 11.8 Å². The minimum atomic E-state index is -0.235. The van der Waals surface area contributed by atoms with Gasteiger partial charge in [0.25, 0.3) is 5.56 Å². The van der Waals surface area contributed by atoms with Crippen LogP contribution in [0.1, 0.15) is 51.3 Å². The van der Waals surface area contributed by atoms with Gasteiger partial charge < -0.3 is 4.98 Å². The number of nitrogens with zero attached hydrogens (tertiary/aromatic N) is 3. The molecule has 0 unspecified atom stereocenters. The van der Waals surface area contributed by atoms with Crippen LogP contribution in [-0.2, 0) is 13.1 Å². The largest absolute Gasteiger partial charge is 0.336 e. The van der Waals surface area contributed by atoms with E-state index in [0.717, 1.165) is 25.1 Å². The Balaban J connectivity index is 1.90. The van der Waals surface area contributed by atoms with Crippen molar-refractivity contribution in [3.63, 3.8) is 0 Å². The topological polar surface area (TPSA) is 72.7 Å². The van der Waals surface area contributed by atoms with Crippen molar-refractivity contribution in [1.82, 2.24) is 19.1 Å². The molecule has 6 nitrogen and oxygen atoms in total. The number of aryl methyl sites for hydroxylation is 1. The number of aromatic nitrogens is 4. The predicted octanol–water partition coefficient (Wildman–Crippen LogP) is 2.39. The smallest absolute Gasteiger partial charge is 0.332 e. The second-order valence-corrected chi connectivity index (χ2v) is 7.10. The molecule has 24 heavy (non-hydrogen) atoms. The van der Waals surface area contributed by atoms with Crippen molar-refractivity contribution < 1.29 is 0 Å². The van der Waals surface area contributed by atoms with Crippen molar-refractivity contribution in [1.29, 1.82) is 0 Å². The summed E-state index contributed by atoms with van der Waals surface area (Å²) in [6.07, 6.45) is 8.43. The van der Waals surface area contributed by atoms with E-state index < -0.39 is 0 Å². The van der Waals surface area contributed by atoms with Gasteiger partial charge in [-0.05, 0) is 37.5 Å². The maximum absolute atomic E-state index is 12.7. The highest BCUT2D eigenvalue weighted by molar-refractivity contribution is 5.70. The fourth-order valence-electron chi connectivity index (χ4n) is 4.30. The van der Waals surface area contributed by atoms with E-state index in [4.69, 9.17) is 4.98 Å². The maximum atomic E-state index is 12.7. The average molecular weight is 328 g/mol. The fourth-order valence-corrected chi connectivity index (χ4v) is 4.30. The Morgan fingerprint density at radius 2 is 1.88 bits per heavy atom. The SMILES string of the molecule is CCCn1c(=O)c2[nH]c([C@@H]3C[C@@H]4C=C[C@H]3C4)nc2n(CCC)c1=O. The summed E-state index contributed by atoms with van der Waals surface area (Å²) < 4.78 is 3.01. The third-order valence-electron chi connectivity index (χ3n) is 5.40. The zero-order chi connectivity index (χ0) is 16.8. The van der Waals surface area contributed by atoms with E-state index in [1.807, 2.05) is 13.8 Å². The highest BCUT2D eigenvalue weighted by Gasteiger charge is 2.38. The molecule has 2 bridgehead atoms.